The number of nitrogens with zero attached hydrogens (tertiary/aromatic N) is 1. The fraction of sp³-hybridized carbons (Fsp3) is 0.609. The number of H-pyrrole nitrogens is 1. The third kappa shape index (κ3) is 3.53. The van der Waals surface area contributed by atoms with Crippen molar-refractivity contribution in [2.45, 2.75) is 57.9 Å². The number of rotatable bonds is 6. The smallest absolute Gasteiger partial charge is 0.328 e. The van der Waals surface area contributed by atoms with Crippen LogP contribution in [0.25, 0.3) is 10.9 Å². The summed E-state index contributed by atoms with van der Waals surface area (Å²) in [7, 11) is 0. The predicted octanol–water partition coefficient (Wildman–Crippen LogP) is 2.80. The van der Waals surface area contributed by atoms with E-state index >= 15 is 0 Å². The number of nitrogens with one attached hydrogen (secondary N) is 2. The molecule has 0 saturated heterocycles. The lowest BCUT2D eigenvalue weighted by molar-refractivity contribution is -0.121. The number of aryl methyl sites for hydroxylation is 1. The van der Waals surface area contributed by atoms with Crippen molar-refractivity contribution in [2.24, 2.45) is 23.2 Å². The summed E-state index contributed by atoms with van der Waals surface area (Å²) in [6.07, 6.45) is 9.70. The summed E-state index contributed by atoms with van der Waals surface area (Å²) in [6, 6.07) is 7.00. The molecule has 0 unspecified atom stereocenters. The van der Waals surface area contributed by atoms with Gasteiger partial charge in [-0.25, -0.2) is 4.79 Å². The van der Waals surface area contributed by atoms with Gasteiger partial charge in [-0.3, -0.25) is 19.1 Å². The summed E-state index contributed by atoms with van der Waals surface area (Å²) < 4.78 is 1.48. The number of aromatic amines is 1. The molecule has 1 aromatic heterocycles. The van der Waals surface area contributed by atoms with Crippen LogP contribution in [0, 0.1) is 23.2 Å². The fourth-order valence-corrected chi connectivity index (χ4v) is 6.83. The highest BCUT2D eigenvalue weighted by Gasteiger charge is 2.50. The van der Waals surface area contributed by atoms with Gasteiger partial charge < -0.3 is 5.32 Å². The molecule has 4 aliphatic rings. The highest BCUT2D eigenvalue weighted by atomic mass is 16.2. The number of aromatic nitrogens is 2. The van der Waals surface area contributed by atoms with Gasteiger partial charge in [0, 0.05) is 19.5 Å². The van der Waals surface area contributed by atoms with Gasteiger partial charge in [0.1, 0.15) is 0 Å². The van der Waals surface area contributed by atoms with Crippen LogP contribution in [0.1, 0.15) is 51.4 Å². The summed E-state index contributed by atoms with van der Waals surface area (Å²) in [4.78, 5) is 38.9. The zero-order chi connectivity index (χ0) is 20.0. The predicted molar refractivity (Wildman–Crippen MR) is 112 cm³/mol. The molecule has 1 aromatic carbocycles. The number of carbonyl (C=O) groups is 1. The Hall–Kier alpha value is -2.37. The third-order valence-corrected chi connectivity index (χ3v) is 7.61. The summed E-state index contributed by atoms with van der Waals surface area (Å²) in [5.41, 5.74) is 0.188. The Morgan fingerprint density at radius 1 is 1.07 bits per heavy atom. The molecular formula is C23H29N3O3. The molecule has 4 saturated carbocycles. The lowest BCUT2D eigenvalue weighted by Gasteiger charge is -2.57. The van der Waals surface area contributed by atoms with Gasteiger partial charge in [-0.2, -0.15) is 0 Å². The first-order valence-corrected chi connectivity index (χ1v) is 11.0. The largest absolute Gasteiger partial charge is 0.356 e. The van der Waals surface area contributed by atoms with Gasteiger partial charge in [0.05, 0.1) is 10.9 Å². The number of carbonyl (C=O) groups excluding carboxylic acids is 1. The minimum atomic E-state index is -0.463. The van der Waals surface area contributed by atoms with Crippen molar-refractivity contribution in [1.82, 2.24) is 14.9 Å². The molecule has 0 radical (unpaired) electrons. The molecule has 29 heavy (non-hydrogen) atoms. The van der Waals surface area contributed by atoms with Crippen LogP contribution in [-0.2, 0) is 11.3 Å². The quantitative estimate of drug-likeness (QED) is 0.789. The normalized spacial score (nSPS) is 30.0. The highest BCUT2D eigenvalue weighted by molar-refractivity contribution is 5.78. The van der Waals surface area contributed by atoms with E-state index in [4.69, 9.17) is 0 Å². The van der Waals surface area contributed by atoms with Crippen LogP contribution >= 0.6 is 0 Å². The van der Waals surface area contributed by atoms with Crippen molar-refractivity contribution < 1.29 is 4.79 Å². The third-order valence-electron chi connectivity index (χ3n) is 7.61. The van der Waals surface area contributed by atoms with Crippen molar-refractivity contribution in [3.8, 4) is 0 Å². The van der Waals surface area contributed by atoms with Gasteiger partial charge in [-0.05, 0) is 80.2 Å². The number of benzene rings is 1. The van der Waals surface area contributed by atoms with E-state index in [-0.39, 0.29) is 24.4 Å². The Morgan fingerprint density at radius 2 is 1.72 bits per heavy atom. The molecule has 2 aromatic rings. The lowest BCUT2D eigenvalue weighted by atomic mass is 9.49. The minimum Gasteiger partial charge on any atom is -0.356 e. The topological polar surface area (TPSA) is 84.0 Å². The molecule has 0 spiro atoms. The number of hydrogen-bond donors (Lipinski definition) is 2. The molecule has 2 N–H and O–H groups in total. The molecule has 154 valence electrons. The lowest BCUT2D eigenvalue weighted by Crippen LogP contribution is -2.47. The first-order chi connectivity index (χ1) is 14.0. The highest BCUT2D eigenvalue weighted by Crippen LogP contribution is 2.61. The molecule has 6 heteroatoms. The van der Waals surface area contributed by atoms with Crippen LogP contribution in [0.2, 0.25) is 0 Å². The average molecular weight is 396 g/mol. The summed E-state index contributed by atoms with van der Waals surface area (Å²) >= 11 is 0. The second-order valence-corrected chi connectivity index (χ2v) is 9.70. The Balaban J connectivity index is 1.18. The Bertz CT molecular complexity index is 1020. The molecule has 6 rings (SSSR count). The average Bonchev–Trinajstić information content (AvgIpc) is 2.66. The van der Waals surface area contributed by atoms with E-state index in [1.165, 1.54) is 43.1 Å². The Labute approximate surface area is 169 Å². The minimum absolute atomic E-state index is 0.0306. The second kappa shape index (κ2) is 7.15. The second-order valence-electron chi connectivity index (χ2n) is 9.70. The maximum atomic E-state index is 12.4. The van der Waals surface area contributed by atoms with E-state index in [0.717, 1.165) is 30.7 Å². The molecule has 6 nitrogen and oxygen atoms in total. The van der Waals surface area contributed by atoms with Gasteiger partial charge in [0.25, 0.3) is 5.56 Å². The zero-order valence-corrected chi connectivity index (χ0v) is 16.8. The number of hydrogen-bond acceptors (Lipinski definition) is 3. The SMILES string of the molecule is O=C(CCn1c(=O)[nH]c(=O)c2ccccc21)NCCC12CC3CC(CC(C3)C1)C2. The van der Waals surface area contributed by atoms with Gasteiger partial charge >= 0.3 is 5.69 Å². The first-order valence-electron chi connectivity index (χ1n) is 11.0. The van der Waals surface area contributed by atoms with E-state index in [1.807, 2.05) is 0 Å². The fourth-order valence-electron chi connectivity index (χ4n) is 6.83. The maximum absolute atomic E-state index is 12.4. The summed E-state index contributed by atoms with van der Waals surface area (Å²) in [6.45, 7) is 0.992. The van der Waals surface area contributed by atoms with Crippen molar-refractivity contribution >= 4 is 16.8 Å². The summed E-state index contributed by atoms with van der Waals surface area (Å²) in [5, 5.41) is 3.55. The van der Waals surface area contributed by atoms with Crippen LogP contribution in [0.3, 0.4) is 0 Å². The monoisotopic (exact) mass is 395 g/mol. The van der Waals surface area contributed by atoms with Crippen molar-refractivity contribution in [3.05, 3.63) is 45.1 Å². The van der Waals surface area contributed by atoms with Crippen LogP contribution in [0.4, 0.5) is 0 Å². The first kappa shape index (κ1) is 18.6. The standard InChI is InChI=1S/C23H29N3O3/c27-20(5-8-26-19-4-2-1-3-18(19)21(28)25-22(26)29)24-7-6-23-12-15-9-16(13-23)11-17(10-15)14-23/h1-4,15-17H,5-14H2,(H,24,27)(H,25,28,29). The molecule has 0 atom stereocenters. The number of amides is 1. The van der Waals surface area contributed by atoms with Crippen LogP contribution in [0.15, 0.2) is 33.9 Å². The van der Waals surface area contributed by atoms with Gasteiger partial charge in [0.15, 0.2) is 0 Å². The van der Waals surface area contributed by atoms with Gasteiger partial charge in [0.2, 0.25) is 5.91 Å². The van der Waals surface area contributed by atoms with Crippen LogP contribution in [0.5, 0.6) is 0 Å². The molecule has 0 aliphatic heterocycles. The van der Waals surface area contributed by atoms with Crippen molar-refractivity contribution in [3.63, 3.8) is 0 Å². The van der Waals surface area contributed by atoms with Gasteiger partial charge in [-0.1, -0.05) is 12.1 Å². The Morgan fingerprint density at radius 3 is 2.41 bits per heavy atom. The Kier molecular flexibility index (Phi) is 4.60. The van der Waals surface area contributed by atoms with E-state index in [0.29, 0.717) is 16.3 Å². The van der Waals surface area contributed by atoms with Crippen LogP contribution < -0.4 is 16.6 Å². The van der Waals surface area contributed by atoms with E-state index in [9.17, 15) is 14.4 Å². The molecular weight excluding hydrogens is 366 g/mol. The molecule has 4 fully saturated rings. The van der Waals surface area contributed by atoms with Crippen molar-refractivity contribution in [1.29, 1.82) is 0 Å². The summed E-state index contributed by atoms with van der Waals surface area (Å²) in [5.74, 6) is 2.75. The van der Waals surface area contributed by atoms with E-state index in [2.05, 4.69) is 10.3 Å². The molecule has 1 heterocycles. The molecule has 4 aliphatic carbocycles. The zero-order valence-electron chi connectivity index (χ0n) is 16.8. The van der Waals surface area contributed by atoms with Crippen LogP contribution in [-0.4, -0.2) is 22.0 Å². The van der Waals surface area contributed by atoms with E-state index < -0.39 is 5.69 Å². The number of para-hydroxylation sites is 1. The van der Waals surface area contributed by atoms with Crippen molar-refractivity contribution in [2.75, 3.05) is 6.54 Å². The van der Waals surface area contributed by atoms with Gasteiger partial charge in [-0.15, -0.1) is 0 Å². The molecule has 4 bridgehead atoms. The number of fused-ring (bicyclic) bond motifs is 1. The van der Waals surface area contributed by atoms with E-state index in [1.54, 1.807) is 24.3 Å². The molecule has 1 amide bonds. The maximum Gasteiger partial charge on any atom is 0.328 e.